The van der Waals surface area contributed by atoms with Crippen LogP contribution in [0.1, 0.15) is 46.0 Å². The van der Waals surface area contributed by atoms with Crippen molar-refractivity contribution < 1.29 is 9.84 Å². The average Bonchev–Trinajstić information content (AvgIpc) is 2.71. The third-order valence-electron chi connectivity index (χ3n) is 3.87. The molecule has 0 aromatic carbocycles. The van der Waals surface area contributed by atoms with E-state index in [0.717, 1.165) is 38.0 Å². The standard InChI is InChI=1S/C13H22O2/c1-10(2)11-5-3-7-13(14,9-11)12-6-4-8-15-12/h6,10-11,14H,3-5,7-9H2,1-2H3. The van der Waals surface area contributed by atoms with Crippen LogP contribution in [0.5, 0.6) is 0 Å². The van der Waals surface area contributed by atoms with Crippen molar-refractivity contribution in [3.8, 4) is 0 Å². The Hall–Kier alpha value is -0.500. The fourth-order valence-corrected chi connectivity index (χ4v) is 2.83. The second-order valence-corrected chi connectivity index (χ2v) is 5.34. The number of hydrogen-bond donors (Lipinski definition) is 1. The molecule has 1 aliphatic carbocycles. The number of ether oxygens (including phenoxy) is 1. The van der Waals surface area contributed by atoms with Gasteiger partial charge in [-0.2, -0.15) is 0 Å². The third kappa shape index (κ3) is 2.20. The van der Waals surface area contributed by atoms with Crippen molar-refractivity contribution in [2.24, 2.45) is 11.8 Å². The van der Waals surface area contributed by atoms with Gasteiger partial charge in [-0.25, -0.2) is 0 Å². The highest BCUT2D eigenvalue weighted by molar-refractivity contribution is 5.14. The monoisotopic (exact) mass is 210 g/mol. The van der Waals surface area contributed by atoms with E-state index in [1.807, 2.05) is 0 Å². The van der Waals surface area contributed by atoms with Gasteiger partial charge in [-0.15, -0.1) is 0 Å². The molecule has 2 unspecified atom stereocenters. The smallest absolute Gasteiger partial charge is 0.124 e. The second-order valence-electron chi connectivity index (χ2n) is 5.34. The van der Waals surface area contributed by atoms with Crippen molar-refractivity contribution in [2.45, 2.75) is 51.6 Å². The Balaban J connectivity index is 2.07. The average molecular weight is 210 g/mol. The highest BCUT2D eigenvalue weighted by atomic mass is 16.5. The van der Waals surface area contributed by atoms with Crippen molar-refractivity contribution in [3.05, 3.63) is 11.8 Å². The zero-order chi connectivity index (χ0) is 10.9. The van der Waals surface area contributed by atoms with Crippen LogP contribution in [-0.4, -0.2) is 17.3 Å². The van der Waals surface area contributed by atoms with E-state index >= 15 is 0 Å². The molecule has 0 saturated heterocycles. The quantitative estimate of drug-likeness (QED) is 0.759. The van der Waals surface area contributed by atoms with E-state index in [1.165, 1.54) is 6.42 Å². The molecule has 0 aromatic heterocycles. The molecule has 0 spiro atoms. The van der Waals surface area contributed by atoms with Crippen LogP contribution in [0.15, 0.2) is 11.8 Å². The fraction of sp³-hybridized carbons (Fsp3) is 0.846. The summed E-state index contributed by atoms with van der Waals surface area (Å²) >= 11 is 0. The molecule has 2 heteroatoms. The molecule has 1 saturated carbocycles. The Labute approximate surface area is 92.3 Å². The largest absolute Gasteiger partial charge is 0.495 e. The van der Waals surface area contributed by atoms with Gasteiger partial charge in [0.1, 0.15) is 11.4 Å². The molecule has 0 bridgehead atoms. The highest BCUT2D eigenvalue weighted by Gasteiger charge is 2.40. The van der Waals surface area contributed by atoms with E-state index in [0.29, 0.717) is 11.8 Å². The Morgan fingerprint density at radius 2 is 2.33 bits per heavy atom. The first kappa shape index (κ1) is 11.0. The highest BCUT2D eigenvalue weighted by Crippen LogP contribution is 2.41. The lowest BCUT2D eigenvalue weighted by Gasteiger charge is -2.38. The lowest BCUT2D eigenvalue weighted by molar-refractivity contribution is -0.0331. The van der Waals surface area contributed by atoms with Crippen LogP contribution < -0.4 is 0 Å². The van der Waals surface area contributed by atoms with Gasteiger partial charge in [0.2, 0.25) is 0 Å². The van der Waals surface area contributed by atoms with Crippen molar-refractivity contribution in [2.75, 3.05) is 6.61 Å². The summed E-state index contributed by atoms with van der Waals surface area (Å²) in [6, 6.07) is 0. The van der Waals surface area contributed by atoms with Gasteiger partial charge in [-0.3, -0.25) is 0 Å². The normalized spacial score (nSPS) is 36.5. The van der Waals surface area contributed by atoms with Crippen LogP contribution in [0.4, 0.5) is 0 Å². The maximum absolute atomic E-state index is 10.6. The first-order chi connectivity index (χ1) is 7.12. The lowest BCUT2D eigenvalue weighted by atomic mass is 9.73. The predicted octanol–water partition coefficient (Wildman–Crippen LogP) is 2.87. The molecule has 2 aliphatic rings. The van der Waals surface area contributed by atoms with Crippen LogP contribution in [0, 0.1) is 11.8 Å². The Kier molecular flexibility index (Phi) is 3.06. The van der Waals surface area contributed by atoms with E-state index in [1.54, 1.807) is 0 Å². The van der Waals surface area contributed by atoms with Gasteiger partial charge in [0.15, 0.2) is 0 Å². The summed E-state index contributed by atoms with van der Waals surface area (Å²) in [6.45, 7) is 5.25. The van der Waals surface area contributed by atoms with Gasteiger partial charge in [0, 0.05) is 6.42 Å². The minimum absolute atomic E-state index is 0.647. The van der Waals surface area contributed by atoms with Crippen LogP contribution in [-0.2, 0) is 4.74 Å². The molecular weight excluding hydrogens is 188 g/mol. The molecule has 0 amide bonds. The second kappa shape index (κ2) is 4.17. The molecular formula is C13H22O2. The van der Waals surface area contributed by atoms with Gasteiger partial charge < -0.3 is 9.84 Å². The molecule has 2 rings (SSSR count). The van der Waals surface area contributed by atoms with Gasteiger partial charge in [-0.1, -0.05) is 13.8 Å². The maximum atomic E-state index is 10.6. The topological polar surface area (TPSA) is 29.5 Å². The Morgan fingerprint density at radius 3 is 2.93 bits per heavy atom. The summed E-state index contributed by atoms with van der Waals surface area (Å²) in [7, 11) is 0. The molecule has 1 N–H and O–H groups in total. The van der Waals surface area contributed by atoms with Crippen molar-refractivity contribution >= 4 is 0 Å². The summed E-state index contributed by atoms with van der Waals surface area (Å²) in [4.78, 5) is 0. The molecule has 15 heavy (non-hydrogen) atoms. The summed E-state index contributed by atoms with van der Waals surface area (Å²) < 4.78 is 5.53. The molecule has 2 atom stereocenters. The van der Waals surface area contributed by atoms with Crippen LogP contribution in [0.2, 0.25) is 0 Å². The zero-order valence-electron chi connectivity index (χ0n) is 9.83. The van der Waals surface area contributed by atoms with Crippen molar-refractivity contribution in [3.63, 3.8) is 0 Å². The van der Waals surface area contributed by atoms with E-state index < -0.39 is 5.60 Å². The Morgan fingerprint density at radius 1 is 1.53 bits per heavy atom. The molecule has 1 aliphatic heterocycles. The van der Waals surface area contributed by atoms with Crippen molar-refractivity contribution in [1.82, 2.24) is 0 Å². The summed E-state index contributed by atoms with van der Waals surface area (Å²) in [6.07, 6.45) is 7.18. The minimum Gasteiger partial charge on any atom is -0.495 e. The van der Waals surface area contributed by atoms with Crippen LogP contribution >= 0.6 is 0 Å². The van der Waals surface area contributed by atoms with E-state index in [4.69, 9.17) is 4.74 Å². The van der Waals surface area contributed by atoms with E-state index in [-0.39, 0.29) is 0 Å². The predicted molar refractivity (Wildman–Crippen MR) is 60.4 cm³/mol. The third-order valence-corrected chi connectivity index (χ3v) is 3.87. The van der Waals surface area contributed by atoms with Crippen molar-refractivity contribution in [1.29, 1.82) is 0 Å². The number of rotatable bonds is 2. The van der Waals surface area contributed by atoms with E-state index in [2.05, 4.69) is 19.9 Å². The lowest BCUT2D eigenvalue weighted by Crippen LogP contribution is -2.38. The SMILES string of the molecule is CC(C)C1CCCC(O)(C2=CCCO2)C1. The Bertz CT molecular complexity index is 257. The van der Waals surface area contributed by atoms with Crippen LogP contribution in [0.3, 0.4) is 0 Å². The molecule has 0 radical (unpaired) electrons. The zero-order valence-corrected chi connectivity index (χ0v) is 9.83. The number of hydrogen-bond acceptors (Lipinski definition) is 2. The molecule has 1 fully saturated rings. The molecule has 0 aromatic rings. The molecule has 1 heterocycles. The summed E-state index contributed by atoms with van der Waals surface area (Å²) in [5.41, 5.74) is -0.649. The van der Waals surface area contributed by atoms with Crippen LogP contribution in [0.25, 0.3) is 0 Å². The molecule has 2 nitrogen and oxygen atoms in total. The first-order valence-electron chi connectivity index (χ1n) is 6.17. The van der Waals surface area contributed by atoms with E-state index in [9.17, 15) is 5.11 Å². The maximum Gasteiger partial charge on any atom is 0.124 e. The van der Waals surface area contributed by atoms with Gasteiger partial charge in [0.25, 0.3) is 0 Å². The first-order valence-corrected chi connectivity index (χ1v) is 6.17. The fourth-order valence-electron chi connectivity index (χ4n) is 2.83. The number of aliphatic hydroxyl groups is 1. The summed E-state index contributed by atoms with van der Waals surface area (Å²) in [5, 5.41) is 10.6. The molecule has 86 valence electrons. The van der Waals surface area contributed by atoms with Gasteiger partial charge in [0.05, 0.1) is 6.61 Å². The minimum atomic E-state index is -0.649. The van der Waals surface area contributed by atoms with Gasteiger partial charge >= 0.3 is 0 Å². The van der Waals surface area contributed by atoms with Gasteiger partial charge in [-0.05, 0) is 43.6 Å². The summed E-state index contributed by atoms with van der Waals surface area (Å²) in [5.74, 6) is 2.17.